The fraction of sp³-hybridized carbons (Fsp3) is 0.812. The summed E-state index contributed by atoms with van der Waals surface area (Å²) in [5.41, 5.74) is -0.573. The van der Waals surface area contributed by atoms with Crippen LogP contribution in [0.3, 0.4) is 0 Å². The van der Waals surface area contributed by atoms with E-state index in [1.165, 1.54) is 19.1 Å². The molecule has 24 heavy (non-hydrogen) atoms. The van der Waals surface area contributed by atoms with E-state index in [0.717, 1.165) is 0 Å². The Morgan fingerprint density at radius 1 is 1.17 bits per heavy atom. The summed E-state index contributed by atoms with van der Waals surface area (Å²) >= 11 is 0. The van der Waals surface area contributed by atoms with Gasteiger partial charge in [0, 0.05) is 26.7 Å². The minimum Gasteiger partial charge on any atom is -0.468 e. The third-order valence-electron chi connectivity index (χ3n) is 2.84. The van der Waals surface area contributed by atoms with Gasteiger partial charge in [-0.3, -0.25) is 4.79 Å². The van der Waals surface area contributed by atoms with Gasteiger partial charge >= 0.3 is 18.1 Å². The second kappa shape index (κ2) is 10.00. The molecule has 0 aliphatic rings. The van der Waals surface area contributed by atoms with Crippen molar-refractivity contribution < 1.29 is 23.9 Å². The van der Waals surface area contributed by atoms with Crippen LogP contribution in [0.2, 0.25) is 0 Å². The molecule has 3 amide bonds. The Morgan fingerprint density at radius 3 is 2.21 bits per heavy atom. The molecule has 0 aromatic rings. The Morgan fingerprint density at radius 2 is 1.75 bits per heavy atom. The first-order chi connectivity index (χ1) is 11.0. The fourth-order valence-electron chi connectivity index (χ4n) is 1.79. The molecular formula is C16H31N3O5. The largest absolute Gasteiger partial charge is 0.468 e. The lowest BCUT2D eigenvalue weighted by atomic mass is 10.2. The van der Waals surface area contributed by atoms with Gasteiger partial charge < -0.3 is 24.6 Å². The first-order valence-corrected chi connectivity index (χ1v) is 8.00. The molecule has 0 saturated heterocycles. The van der Waals surface area contributed by atoms with E-state index in [4.69, 9.17) is 4.74 Å². The Labute approximate surface area is 144 Å². The van der Waals surface area contributed by atoms with E-state index in [-0.39, 0.29) is 19.0 Å². The number of amides is 3. The number of nitrogens with one attached hydrogen (secondary N) is 1. The number of nitrogens with zero attached hydrogens (tertiary/aromatic N) is 2. The van der Waals surface area contributed by atoms with Gasteiger partial charge in [-0.25, -0.2) is 9.59 Å². The number of hydrogen-bond donors (Lipinski definition) is 1. The zero-order valence-electron chi connectivity index (χ0n) is 15.8. The molecule has 0 fully saturated rings. The minimum absolute atomic E-state index is 0.135. The van der Waals surface area contributed by atoms with Gasteiger partial charge in [0.2, 0.25) is 0 Å². The first kappa shape index (κ1) is 22.0. The van der Waals surface area contributed by atoms with Crippen LogP contribution in [-0.2, 0) is 14.3 Å². The van der Waals surface area contributed by atoms with Gasteiger partial charge in [-0.1, -0.05) is 13.8 Å². The van der Waals surface area contributed by atoms with Crippen LogP contribution in [0.4, 0.5) is 9.59 Å². The quantitative estimate of drug-likeness (QED) is 0.710. The van der Waals surface area contributed by atoms with Crippen molar-refractivity contribution in [2.45, 2.75) is 40.2 Å². The van der Waals surface area contributed by atoms with E-state index >= 15 is 0 Å². The highest BCUT2D eigenvalue weighted by Gasteiger charge is 2.23. The number of ether oxygens (including phenoxy) is 2. The molecule has 0 aromatic heterocycles. The second-order valence-electron chi connectivity index (χ2n) is 6.98. The maximum Gasteiger partial charge on any atom is 0.410 e. The molecule has 140 valence electrons. The lowest BCUT2D eigenvalue weighted by Crippen LogP contribution is -2.46. The van der Waals surface area contributed by atoms with E-state index in [2.05, 4.69) is 10.1 Å². The van der Waals surface area contributed by atoms with Crippen molar-refractivity contribution in [1.82, 2.24) is 15.1 Å². The Kier molecular flexibility index (Phi) is 9.17. The third-order valence-corrected chi connectivity index (χ3v) is 2.84. The Bertz CT molecular complexity index is 432. The van der Waals surface area contributed by atoms with Crippen LogP contribution in [0.25, 0.3) is 0 Å². The Hall–Kier alpha value is -1.99. The third kappa shape index (κ3) is 9.91. The van der Waals surface area contributed by atoms with E-state index in [1.54, 1.807) is 4.90 Å². The molecule has 1 N–H and O–H groups in total. The molecule has 0 saturated carbocycles. The molecule has 0 heterocycles. The van der Waals surface area contributed by atoms with Gasteiger partial charge in [0.05, 0.1) is 7.11 Å². The summed E-state index contributed by atoms with van der Waals surface area (Å²) in [5, 5.41) is 2.66. The van der Waals surface area contributed by atoms with E-state index in [9.17, 15) is 14.4 Å². The predicted octanol–water partition coefficient (Wildman–Crippen LogP) is 1.69. The minimum atomic E-state index is -0.573. The SMILES string of the molecule is COC(=O)CN(C)C(=O)NCCN(CC(C)C)C(=O)OC(C)(C)C. The molecule has 0 aliphatic heterocycles. The van der Waals surface area contributed by atoms with E-state index in [1.807, 2.05) is 34.6 Å². The van der Waals surface area contributed by atoms with Gasteiger partial charge in [-0.05, 0) is 26.7 Å². The molecule has 0 radical (unpaired) electrons. The van der Waals surface area contributed by atoms with Gasteiger partial charge in [0.15, 0.2) is 0 Å². The molecule has 8 heteroatoms. The maximum absolute atomic E-state index is 12.2. The molecule has 0 aliphatic carbocycles. The average molecular weight is 345 g/mol. The zero-order chi connectivity index (χ0) is 18.9. The van der Waals surface area contributed by atoms with Crippen molar-refractivity contribution >= 4 is 18.1 Å². The van der Waals surface area contributed by atoms with Gasteiger partial charge in [0.25, 0.3) is 0 Å². The summed E-state index contributed by atoms with van der Waals surface area (Å²) in [6.45, 7) is 10.4. The standard InChI is InChI=1S/C16H31N3O5/c1-12(2)10-19(15(22)24-16(3,4)5)9-8-17-14(21)18(6)11-13(20)23-7/h12H,8-11H2,1-7H3,(H,17,21). The van der Waals surface area contributed by atoms with Gasteiger partial charge in [-0.2, -0.15) is 0 Å². The highest BCUT2D eigenvalue weighted by Crippen LogP contribution is 2.11. The van der Waals surface area contributed by atoms with E-state index in [0.29, 0.717) is 13.1 Å². The lowest BCUT2D eigenvalue weighted by molar-refractivity contribution is -0.141. The molecule has 0 atom stereocenters. The van der Waals surface area contributed by atoms with Crippen LogP contribution >= 0.6 is 0 Å². The van der Waals surface area contributed by atoms with Crippen LogP contribution in [0.1, 0.15) is 34.6 Å². The number of esters is 1. The number of methoxy groups -OCH3 is 1. The van der Waals surface area contributed by atoms with Crippen molar-refractivity contribution in [3.63, 3.8) is 0 Å². The number of carbonyl (C=O) groups excluding carboxylic acids is 3. The summed E-state index contributed by atoms with van der Waals surface area (Å²) in [5.74, 6) is -0.224. The molecule has 0 unspecified atom stereocenters. The van der Waals surface area contributed by atoms with Crippen molar-refractivity contribution in [1.29, 1.82) is 0 Å². The number of rotatable bonds is 7. The Balaban J connectivity index is 4.48. The second-order valence-corrected chi connectivity index (χ2v) is 6.98. The van der Waals surface area contributed by atoms with Gasteiger partial charge in [0.1, 0.15) is 12.1 Å². The highest BCUT2D eigenvalue weighted by atomic mass is 16.6. The number of hydrogen-bond acceptors (Lipinski definition) is 5. The summed E-state index contributed by atoms with van der Waals surface area (Å²) in [6, 6.07) is -0.408. The monoisotopic (exact) mass is 345 g/mol. The molecule has 0 aromatic carbocycles. The van der Waals surface area contributed by atoms with Crippen molar-refractivity contribution in [3.8, 4) is 0 Å². The topological polar surface area (TPSA) is 88.2 Å². The van der Waals surface area contributed by atoms with Crippen molar-refractivity contribution in [2.75, 3.05) is 40.3 Å². The van der Waals surface area contributed by atoms with Crippen LogP contribution < -0.4 is 5.32 Å². The van der Waals surface area contributed by atoms with Crippen LogP contribution in [0, 0.1) is 5.92 Å². The van der Waals surface area contributed by atoms with Gasteiger partial charge in [-0.15, -0.1) is 0 Å². The first-order valence-electron chi connectivity index (χ1n) is 8.00. The summed E-state index contributed by atoms with van der Waals surface area (Å²) in [6.07, 6.45) is -0.409. The number of carbonyl (C=O) groups is 3. The lowest BCUT2D eigenvalue weighted by Gasteiger charge is -2.28. The molecule has 8 nitrogen and oxygen atoms in total. The van der Waals surface area contributed by atoms with Crippen LogP contribution in [0.15, 0.2) is 0 Å². The fourth-order valence-corrected chi connectivity index (χ4v) is 1.79. The molecule has 0 spiro atoms. The highest BCUT2D eigenvalue weighted by molar-refractivity contribution is 5.80. The maximum atomic E-state index is 12.2. The smallest absolute Gasteiger partial charge is 0.410 e. The number of urea groups is 1. The van der Waals surface area contributed by atoms with Crippen molar-refractivity contribution in [2.24, 2.45) is 5.92 Å². The normalized spacial score (nSPS) is 11.0. The number of likely N-dealkylation sites (N-methyl/N-ethyl adjacent to an activating group) is 1. The molecule has 0 bridgehead atoms. The summed E-state index contributed by atoms with van der Waals surface area (Å²) in [4.78, 5) is 38.0. The van der Waals surface area contributed by atoms with Crippen LogP contribution in [-0.4, -0.2) is 73.8 Å². The summed E-state index contributed by atoms with van der Waals surface area (Å²) < 4.78 is 9.88. The molecule has 0 rings (SSSR count). The zero-order valence-corrected chi connectivity index (χ0v) is 15.8. The molecular weight excluding hydrogens is 314 g/mol. The summed E-state index contributed by atoms with van der Waals surface area (Å²) in [7, 11) is 2.75. The van der Waals surface area contributed by atoms with Crippen LogP contribution in [0.5, 0.6) is 0 Å². The van der Waals surface area contributed by atoms with E-state index < -0.39 is 23.7 Å². The van der Waals surface area contributed by atoms with Crippen molar-refractivity contribution in [3.05, 3.63) is 0 Å². The predicted molar refractivity (Wildman–Crippen MR) is 90.7 cm³/mol. The average Bonchev–Trinajstić information content (AvgIpc) is 2.43.